The minimum Gasteiger partial charge on any atom is -0.294 e. The molecule has 0 amide bonds. The lowest BCUT2D eigenvalue weighted by Crippen LogP contribution is -2.08. The fourth-order valence-electron chi connectivity index (χ4n) is 1.99. The number of nitrogens with zero attached hydrogens (tertiary/aromatic N) is 4. The van der Waals surface area contributed by atoms with Crippen molar-refractivity contribution in [1.29, 1.82) is 0 Å². The number of ketones is 1. The summed E-state index contributed by atoms with van der Waals surface area (Å²) in [7, 11) is 3.66. The van der Waals surface area contributed by atoms with E-state index in [4.69, 9.17) is 0 Å². The van der Waals surface area contributed by atoms with E-state index in [0.29, 0.717) is 12.0 Å². The van der Waals surface area contributed by atoms with Crippen LogP contribution in [0.3, 0.4) is 0 Å². The lowest BCUT2D eigenvalue weighted by Gasteiger charge is -2.01. The highest BCUT2D eigenvalue weighted by atomic mass is 79.9. The molecule has 0 aliphatic heterocycles. The van der Waals surface area contributed by atoms with Gasteiger partial charge in [0.1, 0.15) is 0 Å². The zero-order chi connectivity index (χ0) is 13.4. The van der Waals surface area contributed by atoms with Crippen LogP contribution in [0.1, 0.15) is 27.4 Å². The Kier molecular flexibility index (Phi) is 3.38. The summed E-state index contributed by atoms with van der Waals surface area (Å²) in [6.07, 6.45) is 2.08. The molecule has 0 radical (unpaired) electrons. The van der Waals surface area contributed by atoms with Crippen LogP contribution in [0.25, 0.3) is 0 Å². The summed E-state index contributed by atoms with van der Waals surface area (Å²) in [4.78, 5) is 12.2. The van der Waals surface area contributed by atoms with Crippen LogP contribution in [0.2, 0.25) is 0 Å². The first-order valence-electron chi connectivity index (χ1n) is 5.61. The summed E-state index contributed by atoms with van der Waals surface area (Å²) in [5.74, 6) is 0.0595. The van der Waals surface area contributed by atoms with Crippen LogP contribution in [0, 0.1) is 13.8 Å². The molecule has 0 atom stereocenters. The molecule has 0 saturated carbocycles. The molecule has 2 rings (SSSR count). The van der Waals surface area contributed by atoms with E-state index >= 15 is 0 Å². The molecule has 6 heteroatoms. The smallest absolute Gasteiger partial charge is 0.172 e. The second kappa shape index (κ2) is 4.68. The molecule has 0 bridgehead atoms. The summed E-state index contributed by atoms with van der Waals surface area (Å²) in [5, 5.41) is 8.47. The number of Topliss-reactive ketones (excluding diaryl/α,β-unsaturated/α-hetero) is 1. The van der Waals surface area contributed by atoms with Gasteiger partial charge in [0.15, 0.2) is 5.78 Å². The molecule has 2 aromatic heterocycles. The predicted molar refractivity (Wildman–Crippen MR) is 71.6 cm³/mol. The molecule has 96 valence electrons. The maximum absolute atomic E-state index is 12.2. The van der Waals surface area contributed by atoms with Crippen LogP contribution >= 0.6 is 15.9 Å². The van der Waals surface area contributed by atoms with E-state index < -0.39 is 0 Å². The van der Waals surface area contributed by atoms with Gasteiger partial charge >= 0.3 is 0 Å². The average Bonchev–Trinajstić information content (AvgIpc) is 2.73. The summed E-state index contributed by atoms with van der Waals surface area (Å²) in [6, 6.07) is 0. The second-order valence-electron chi connectivity index (χ2n) is 4.37. The van der Waals surface area contributed by atoms with E-state index in [1.54, 1.807) is 15.6 Å². The van der Waals surface area contributed by atoms with Gasteiger partial charge < -0.3 is 0 Å². The Balaban J connectivity index is 2.29. The van der Waals surface area contributed by atoms with Crippen molar-refractivity contribution < 1.29 is 4.79 Å². The van der Waals surface area contributed by atoms with Crippen molar-refractivity contribution in [3.05, 3.63) is 33.3 Å². The normalized spacial score (nSPS) is 10.9. The average molecular weight is 311 g/mol. The minimum absolute atomic E-state index is 0.0595. The van der Waals surface area contributed by atoms with Crippen molar-refractivity contribution in [2.24, 2.45) is 14.1 Å². The Morgan fingerprint density at radius 3 is 2.39 bits per heavy atom. The number of hydrogen-bond acceptors (Lipinski definition) is 3. The van der Waals surface area contributed by atoms with E-state index in [9.17, 15) is 4.79 Å². The van der Waals surface area contributed by atoms with Crippen molar-refractivity contribution >= 4 is 21.7 Å². The number of rotatable bonds is 3. The third-order valence-corrected chi connectivity index (χ3v) is 3.94. The van der Waals surface area contributed by atoms with Crippen molar-refractivity contribution in [2.45, 2.75) is 20.3 Å². The molecular formula is C12H15BrN4O. The maximum Gasteiger partial charge on any atom is 0.172 e. The summed E-state index contributed by atoms with van der Waals surface area (Å²) in [5.41, 5.74) is 3.21. The van der Waals surface area contributed by atoms with Crippen LogP contribution in [0.4, 0.5) is 0 Å². The van der Waals surface area contributed by atoms with Gasteiger partial charge in [-0.3, -0.25) is 14.2 Å². The van der Waals surface area contributed by atoms with Crippen molar-refractivity contribution in [2.75, 3.05) is 0 Å². The first kappa shape index (κ1) is 13.0. The van der Waals surface area contributed by atoms with Crippen LogP contribution in [0.15, 0.2) is 10.7 Å². The van der Waals surface area contributed by atoms with Crippen molar-refractivity contribution in [3.63, 3.8) is 0 Å². The van der Waals surface area contributed by atoms with E-state index in [2.05, 4.69) is 26.1 Å². The van der Waals surface area contributed by atoms with Crippen LogP contribution in [0.5, 0.6) is 0 Å². The summed E-state index contributed by atoms with van der Waals surface area (Å²) >= 11 is 3.47. The first-order chi connectivity index (χ1) is 8.40. The topological polar surface area (TPSA) is 52.7 Å². The second-order valence-corrected chi connectivity index (χ2v) is 5.16. The third kappa shape index (κ3) is 2.25. The standard InChI is InChI=1S/C12H15BrN4O/c1-7-9(6-16(3)14-7)11(18)5-10-12(13)8(2)15-17(10)4/h6H,5H2,1-4H3. The van der Waals surface area contributed by atoms with Gasteiger partial charge in [0.25, 0.3) is 0 Å². The quantitative estimate of drug-likeness (QED) is 0.814. The highest BCUT2D eigenvalue weighted by Gasteiger charge is 2.18. The Bertz CT molecular complexity index is 612. The van der Waals surface area contributed by atoms with Gasteiger partial charge in [-0.25, -0.2) is 0 Å². The van der Waals surface area contributed by atoms with Crippen LogP contribution in [-0.4, -0.2) is 25.3 Å². The van der Waals surface area contributed by atoms with E-state index in [1.807, 2.05) is 27.9 Å². The molecule has 0 fully saturated rings. The molecular weight excluding hydrogens is 296 g/mol. The number of carbonyl (C=O) groups excluding carboxylic acids is 1. The fraction of sp³-hybridized carbons (Fsp3) is 0.417. The lowest BCUT2D eigenvalue weighted by molar-refractivity contribution is 0.0990. The Morgan fingerprint density at radius 1 is 1.28 bits per heavy atom. The molecule has 5 nitrogen and oxygen atoms in total. The van der Waals surface area contributed by atoms with Crippen LogP contribution < -0.4 is 0 Å². The number of aryl methyl sites for hydroxylation is 4. The van der Waals surface area contributed by atoms with Gasteiger partial charge in [-0.05, 0) is 29.8 Å². The number of hydrogen-bond donors (Lipinski definition) is 0. The van der Waals surface area contributed by atoms with Gasteiger partial charge in [-0.15, -0.1) is 0 Å². The van der Waals surface area contributed by atoms with Gasteiger partial charge in [0.2, 0.25) is 0 Å². The molecule has 0 spiro atoms. The molecule has 2 heterocycles. The molecule has 2 aromatic rings. The largest absolute Gasteiger partial charge is 0.294 e. The molecule has 0 unspecified atom stereocenters. The summed E-state index contributed by atoms with van der Waals surface area (Å²) in [6.45, 7) is 3.75. The molecule has 18 heavy (non-hydrogen) atoms. The highest BCUT2D eigenvalue weighted by molar-refractivity contribution is 9.10. The SMILES string of the molecule is Cc1nn(C)cc1C(=O)Cc1c(Br)c(C)nn1C. The molecule has 0 N–H and O–H groups in total. The zero-order valence-electron chi connectivity index (χ0n) is 10.9. The highest BCUT2D eigenvalue weighted by Crippen LogP contribution is 2.22. The predicted octanol–water partition coefficient (Wildman–Crippen LogP) is 1.96. The zero-order valence-corrected chi connectivity index (χ0v) is 12.4. The Morgan fingerprint density at radius 2 is 1.94 bits per heavy atom. The maximum atomic E-state index is 12.2. The molecule has 0 aromatic carbocycles. The summed E-state index contributed by atoms with van der Waals surface area (Å²) < 4.78 is 4.30. The number of aromatic nitrogens is 4. The van der Waals surface area contributed by atoms with Gasteiger partial charge in [0.05, 0.1) is 33.5 Å². The van der Waals surface area contributed by atoms with E-state index in [-0.39, 0.29) is 5.78 Å². The van der Waals surface area contributed by atoms with Gasteiger partial charge in [0, 0.05) is 20.3 Å². The third-order valence-electron chi connectivity index (χ3n) is 2.90. The van der Waals surface area contributed by atoms with E-state index in [0.717, 1.165) is 21.6 Å². The van der Waals surface area contributed by atoms with Crippen molar-refractivity contribution in [1.82, 2.24) is 19.6 Å². The molecule has 0 saturated heterocycles. The van der Waals surface area contributed by atoms with E-state index in [1.165, 1.54) is 0 Å². The fourth-order valence-corrected chi connectivity index (χ4v) is 2.47. The lowest BCUT2D eigenvalue weighted by atomic mass is 10.1. The van der Waals surface area contributed by atoms with Crippen molar-refractivity contribution in [3.8, 4) is 0 Å². The monoisotopic (exact) mass is 310 g/mol. The van der Waals surface area contributed by atoms with Gasteiger partial charge in [-0.1, -0.05) is 0 Å². The molecule has 0 aliphatic carbocycles. The number of halogens is 1. The minimum atomic E-state index is 0.0595. The number of carbonyl (C=O) groups is 1. The van der Waals surface area contributed by atoms with Crippen LogP contribution in [-0.2, 0) is 20.5 Å². The first-order valence-corrected chi connectivity index (χ1v) is 6.41. The van der Waals surface area contributed by atoms with Gasteiger partial charge in [-0.2, -0.15) is 10.2 Å². The Labute approximate surface area is 114 Å². The Hall–Kier alpha value is -1.43. The molecule has 0 aliphatic rings.